The van der Waals surface area contributed by atoms with E-state index >= 15 is 19.2 Å². The van der Waals surface area contributed by atoms with Crippen molar-refractivity contribution in [1.82, 2.24) is 30.1 Å². The summed E-state index contributed by atoms with van der Waals surface area (Å²) in [4.78, 5) is 69.5. The second-order valence-electron chi connectivity index (χ2n) is 19.5. The number of likely N-dealkylation sites (tertiary alicyclic amines) is 1. The third-order valence-corrected chi connectivity index (χ3v) is 15.2. The zero-order chi connectivity index (χ0) is 50.8. The van der Waals surface area contributed by atoms with Crippen molar-refractivity contribution in [3.8, 4) is 17.6 Å². The van der Waals surface area contributed by atoms with Gasteiger partial charge in [0.1, 0.15) is 42.0 Å². The number of aliphatic hydroxyl groups is 1. The van der Waals surface area contributed by atoms with E-state index in [9.17, 15) is 5.11 Å². The van der Waals surface area contributed by atoms with Gasteiger partial charge in [0.15, 0.2) is 0 Å². The number of para-hydroxylation sites is 1. The first-order chi connectivity index (χ1) is 36.3. The van der Waals surface area contributed by atoms with Gasteiger partial charge in [-0.25, -0.2) is 14.4 Å². The number of aromatic nitrogens is 3. The zero-order valence-corrected chi connectivity index (χ0v) is 41.1. The highest BCUT2D eigenvalue weighted by Gasteiger charge is 2.76. The number of hydrogen-bond donors (Lipinski definition) is 2. The molecule has 4 amide bonds. The highest BCUT2D eigenvalue weighted by Crippen LogP contribution is 2.66. The Morgan fingerprint density at radius 2 is 1.46 bits per heavy atom. The molecule has 1 aromatic heterocycles. The summed E-state index contributed by atoms with van der Waals surface area (Å²) < 4.78 is 14.5. The third-order valence-electron chi connectivity index (χ3n) is 15.2. The van der Waals surface area contributed by atoms with E-state index in [4.69, 9.17) is 9.47 Å². The molecule has 3 fully saturated rings. The average molecular weight is 988 g/mol. The number of urea groups is 1. The minimum Gasteiger partial charge on any atom is -0.491 e. The van der Waals surface area contributed by atoms with Crippen LogP contribution in [-0.4, -0.2) is 86.1 Å². The summed E-state index contributed by atoms with van der Waals surface area (Å²) >= 11 is 0. The van der Waals surface area contributed by atoms with Crippen molar-refractivity contribution in [2.45, 2.75) is 81.3 Å². The molecule has 0 saturated carbocycles. The van der Waals surface area contributed by atoms with Gasteiger partial charge < -0.3 is 24.8 Å². The monoisotopic (exact) mass is 987 g/mol. The van der Waals surface area contributed by atoms with Crippen LogP contribution in [0.5, 0.6) is 5.75 Å². The zero-order valence-electron chi connectivity index (χ0n) is 41.1. The lowest BCUT2D eigenvalue weighted by Gasteiger charge is -2.46. The molecule has 374 valence electrons. The Morgan fingerprint density at radius 1 is 0.784 bits per heavy atom. The van der Waals surface area contributed by atoms with E-state index in [0.717, 1.165) is 59.8 Å². The number of morpholine rings is 1. The summed E-state index contributed by atoms with van der Waals surface area (Å²) in [6.07, 6.45) is 3.51. The van der Waals surface area contributed by atoms with Crippen LogP contribution < -0.4 is 15.0 Å². The van der Waals surface area contributed by atoms with Crippen LogP contribution in [0.15, 0.2) is 158 Å². The van der Waals surface area contributed by atoms with Gasteiger partial charge in [-0.2, -0.15) is 0 Å². The van der Waals surface area contributed by atoms with Crippen molar-refractivity contribution < 1.29 is 33.8 Å². The number of nitrogens with zero attached hydrogens (tertiary/aromatic N) is 6. The molecule has 5 heterocycles. The molecule has 7 atom stereocenters. The largest absolute Gasteiger partial charge is 0.491 e. The standard InChI is InChI=1S/C60H57N7O7/c1-40(42-21-8-5-9-22-42)61-59(72)66-49-32-31-41(20-19-35-65-50-30-15-14-29-48(50)62-63-65)38-47(49)60(58(66)71)51(56(69)64-33-16-3-2-4-17-34-64)53-57(70)74-54(44-25-12-7-13-26-44)52(43-23-10-6-11-24-43)67(53)55(60)45-27-18-28-46(39-45)73-37-36-68/h5-15,18,21-32,38-40,51-55,68H,2-4,16-17,33-37H2,1H3,(H,61,72)/t40-,51-,52-,53-,54+,55+,60-/m1/s1. The predicted molar refractivity (Wildman–Crippen MR) is 278 cm³/mol. The molecule has 6 aromatic carbocycles. The lowest BCUT2D eigenvalue weighted by atomic mass is 9.64. The lowest BCUT2D eigenvalue weighted by molar-refractivity contribution is -0.179. The highest BCUT2D eigenvalue weighted by molar-refractivity contribution is 6.24. The summed E-state index contributed by atoms with van der Waals surface area (Å²) in [5, 5.41) is 21.7. The molecule has 0 bridgehead atoms. The van der Waals surface area contributed by atoms with Gasteiger partial charge in [0.25, 0.3) is 0 Å². The van der Waals surface area contributed by atoms with Crippen molar-refractivity contribution >= 4 is 40.5 Å². The molecule has 0 aliphatic carbocycles. The van der Waals surface area contributed by atoms with Crippen LogP contribution >= 0.6 is 0 Å². The second kappa shape index (κ2) is 20.8. The van der Waals surface area contributed by atoms with Gasteiger partial charge in [-0.1, -0.05) is 152 Å². The molecule has 74 heavy (non-hydrogen) atoms. The fourth-order valence-corrected chi connectivity index (χ4v) is 11.9. The number of carbonyl (C=O) groups is 4. The first-order valence-electron chi connectivity index (χ1n) is 25.6. The normalized spacial score (nSPS) is 23.0. The van der Waals surface area contributed by atoms with E-state index in [1.54, 1.807) is 22.9 Å². The summed E-state index contributed by atoms with van der Waals surface area (Å²) in [6, 6.07) is 44.6. The van der Waals surface area contributed by atoms with Gasteiger partial charge in [0, 0.05) is 18.7 Å². The van der Waals surface area contributed by atoms with Crippen molar-refractivity contribution in [3.05, 3.63) is 191 Å². The molecule has 0 radical (unpaired) electrons. The Morgan fingerprint density at radius 3 is 2.20 bits per heavy atom. The van der Waals surface area contributed by atoms with Gasteiger partial charge in [-0.3, -0.25) is 19.3 Å². The first-order valence-corrected chi connectivity index (χ1v) is 25.6. The van der Waals surface area contributed by atoms with E-state index in [1.807, 2.05) is 156 Å². The molecule has 4 aliphatic rings. The maximum atomic E-state index is 17.0. The first kappa shape index (κ1) is 48.2. The Kier molecular flexibility index (Phi) is 13.5. The molecule has 4 aliphatic heterocycles. The molecule has 11 rings (SSSR count). The fourth-order valence-electron chi connectivity index (χ4n) is 11.9. The second-order valence-corrected chi connectivity index (χ2v) is 19.5. The van der Waals surface area contributed by atoms with Crippen LogP contribution in [0.25, 0.3) is 11.0 Å². The van der Waals surface area contributed by atoms with Gasteiger partial charge in [0.2, 0.25) is 11.8 Å². The molecule has 0 unspecified atom stereocenters. The molecular weight excluding hydrogens is 931 g/mol. The van der Waals surface area contributed by atoms with Crippen LogP contribution in [0, 0.1) is 17.8 Å². The minimum atomic E-state index is -1.97. The molecule has 2 N–H and O–H groups in total. The predicted octanol–water partition coefficient (Wildman–Crippen LogP) is 8.78. The van der Waals surface area contributed by atoms with E-state index in [-0.39, 0.29) is 31.4 Å². The smallest absolute Gasteiger partial charge is 0.329 e. The highest BCUT2D eigenvalue weighted by atomic mass is 16.6. The van der Waals surface area contributed by atoms with Crippen molar-refractivity contribution in [2.75, 3.05) is 31.2 Å². The molecule has 7 aromatic rings. The number of hydrogen-bond acceptors (Lipinski definition) is 10. The van der Waals surface area contributed by atoms with E-state index < -0.39 is 59.5 Å². The number of carbonyl (C=O) groups excluding carboxylic acids is 4. The number of ether oxygens (including phenoxy) is 2. The molecule has 14 heteroatoms. The van der Waals surface area contributed by atoms with Gasteiger partial charge in [-0.15, -0.1) is 5.10 Å². The number of rotatable bonds is 10. The molecular formula is C60H57N7O7. The van der Waals surface area contributed by atoms with Crippen LogP contribution in [0.3, 0.4) is 0 Å². The van der Waals surface area contributed by atoms with Crippen LogP contribution in [0.4, 0.5) is 10.5 Å². The quantitative estimate of drug-likeness (QED) is 0.100. The molecule has 3 saturated heterocycles. The van der Waals surface area contributed by atoms with Gasteiger partial charge in [-0.05, 0) is 90.0 Å². The van der Waals surface area contributed by atoms with Crippen molar-refractivity contribution in [1.29, 1.82) is 0 Å². The topological polar surface area (TPSA) is 159 Å². The maximum Gasteiger partial charge on any atom is 0.329 e. The number of benzene rings is 6. The summed E-state index contributed by atoms with van der Waals surface area (Å²) in [5.41, 5.74) is 3.66. The van der Waals surface area contributed by atoms with E-state index in [1.165, 1.54) is 4.90 Å². The van der Waals surface area contributed by atoms with Crippen molar-refractivity contribution in [2.24, 2.45) is 5.92 Å². The Labute approximate surface area is 429 Å². The van der Waals surface area contributed by atoms with Crippen LogP contribution in [0.1, 0.15) is 96.6 Å². The SMILES string of the molecule is C[C@@H](NC(=O)N1C(=O)[C@@]2(c3cc(C#CCn4nnc5ccccc54)ccc31)[C@H](c1cccc(OCCO)c1)N1[C@H](c3ccccc3)[C@H](c3ccccc3)OC(=O)[C@H]1[C@@H]2C(=O)N1CCCCCCC1)c1ccccc1. The number of fused-ring (bicyclic) bond motifs is 4. The maximum absolute atomic E-state index is 17.0. The molecule has 14 nitrogen and oxygen atoms in total. The summed E-state index contributed by atoms with van der Waals surface area (Å²) in [6.45, 7) is 2.68. The number of aliphatic hydroxyl groups excluding tert-OH is 1. The Bertz CT molecular complexity index is 3260. The fraction of sp³-hybridized carbons (Fsp3) is 0.300. The number of cyclic esters (lactones) is 1. The average Bonchev–Trinajstić information content (AvgIpc) is 4.17. The van der Waals surface area contributed by atoms with Gasteiger partial charge >= 0.3 is 12.0 Å². The van der Waals surface area contributed by atoms with E-state index in [2.05, 4.69) is 27.5 Å². The van der Waals surface area contributed by atoms with Crippen molar-refractivity contribution in [3.63, 3.8) is 0 Å². The Balaban J connectivity index is 1.18. The Hall–Kier alpha value is -8.12. The lowest BCUT2D eigenvalue weighted by Crippen LogP contribution is -2.57. The van der Waals surface area contributed by atoms with Gasteiger partial charge in [0.05, 0.1) is 41.9 Å². The van der Waals surface area contributed by atoms with Crippen LogP contribution in [0.2, 0.25) is 0 Å². The number of amides is 4. The van der Waals surface area contributed by atoms with E-state index in [0.29, 0.717) is 35.5 Å². The third kappa shape index (κ3) is 8.65. The summed E-state index contributed by atoms with van der Waals surface area (Å²) in [5.74, 6) is 3.91. The minimum absolute atomic E-state index is 0.00154. The van der Waals surface area contributed by atoms with Crippen LogP contribution in [-0.2, 0) is 31.1 Å². The number of esters is 1. The number of anilines is 1. The number of nitrogens with one attached hydrogen (secondary N) is 1. The number of imide groups is 1. The molecule has 1 spiro atoms. The summed E-state index contributed by atoms with van der Waals surface area (Å²) in [7, 11) is 0.